The maximum Gasteiger partial charge on any atom is 0.251 e. The molecule has 1 aromatic carbocycles. The average molecular weight is 431 g/mol. The van der Waals surface area contributed by atoms with Crippen molar-refractivity contribution < 1.29 is 14.3 Å². The molecule has 6 heteroatoms. The normalized spacial score (nSPS) is 20.7. The van der Waals surface area contributed by atoms with Gasteiger partial charge in [0.2, 0.25) is 5.91 Å². The lowest BCUT2D eigenvalue weighted by Gasteiger charge is -2.33. The molecule has 0 bridgehead atoms. The zero-order valence-electron chi connectivity index (χ0n) is 17.5. The van der Waals surface area contributed by atoms with Crippen LogP contribution < -0.4 is 10.1 Å². The third kappa shape index (κ3) is 5.18. The van der Waals surface area contributed by atoms with Crippen molar-refractivity contribution in [3.8, 4) is 5.75 Å². The quantitative estimate of drug-likeness (QED) is 0.724. The van der Waals surface area contributed by atoms with Crippen molar-refractivity contribution in [2.75, 3.05) is 13.1 Å². The minimum absolute atomic E-state index is 0.0325. The number of carbonyl (C=O) groups excluding carboxylic acids is 2. The number of amides is 2. The smallest absolute Gasteiger partial charge is 0.251 e. The standard InChI is InChI=1S/C24H31ClN2O3/c25-21-16-18(23(28)26-19-8-4-5-9-19)10-11-22(21)30-20-12-14-27(15-13-20)24(29)17-6-2-1-3-7-17/h6,10-11,16,19-20H,1-5,7-9,12-15H2,(H,26,28). The van der Waals surface area contributed by atoms with E-state index in [0.29, 0.717) is 29.4 Å². The number of benzene rings is 1. The van der Waals surface area contributed by atoms with E-state index >= 15 is 0 Å². The zero-order chi connectivity index (χ0) is 20.9. The molecule has 2 aliphatic carbocycles. The number of likely N-dealkylation sites (tertiary alicyclic amines) is 1. The largest absolute Gasteiger partial charge is 0.489 e. The van der Waals surface area contributed by atoms with Gasteiger partial charge in [-0.2, -0.15) is 0 Å². The lowest BCUT2D eigenvalue weighted by Crippen LogP contribution is -2.42. The van der Waals surface area contributed by atoms with E-state index in [-0.39, 0.29) is 24.0 Å². The number of nitrogens with one attached hydrogen (secondary N) is 1. The highest BCUT2D eigenvalue weighted by Gasteiger charge is 2.27. The second-order valence-electron chi connectivity index (χ2n) is 8.68. The van der Waals surface area contributed by atoms with Crippen LogP contribution in [-0.2, 0) is 4.79 Å². The molecule has 1 aromatic rings. The number of carbonyl (C=O) groups is 2. The fourth-order valence-corrected chi connectivity index (χ4v) is 4.89. The highest BCUT2D eigenvalue weighted by atomic mass is 35.5. The summed E-state index contributed by atoms with van der Waals surface area (Å²) in [4.78, 5) is 27.0. The van der Waals surface area contributed by atoms with Gasteiger partial charge in [-0.1, -0.05) is 30.5 Å². The molecule has 0 spiro atoms. The minimum Gasteiger partial charge on any atom is -0.489 e. The van der Waals surface area contributed by atoms with Crippen LogP contribution in [0.2, 0.25) is 5.02 Å². The van der Waals surface area contributed by atoms with Gasteiger partial charge in [0, 0.05) is 43.1 Å². The van der Waals surface area contributed by atoms with Crippen molar-refractivity contribution in [3.05, 3.63) is 40.4 Å². The molecule has 1 saturated heterocycles. The topological polar surface area (TPSA) is 58.6 Å². The molecule has 2 fully saturated rings. The van der Waals surface area contributed by atoms with Gasteiger partial charge in [0.05, 0.1) is 5.02 Å². The van der Waals surface area contributed by atoms with E-state index in [1.54, 1.807) is 18.2 Å². The fraction of sp³-hybridized carbons (Fsp3) is 0.583. The van der Waals surface area contributed by atoms with E-state index in [1.807, 2.05) is 4.90 Å². The number of piperidine rings is 1. The molecule has 1 aliphatic heterocycles. The van der Waals surface area contributed by atoms with Crippen LogP contribution >= 0.6 is 11.6 Å². The first-order valence-corrected chi connectivity index (χ1v) is 11.7. The Kier molecular flexibility index (Phi) is 6.98. The van der Waals surface area contributed by atoms with Gasteiger partial charge in [-0.25, -0.2) is 0 Å². The lowest BCUT2D eigenvalue weighted by atomic mass is 9.97. The van der Waals surface area contributed by atoms with Crippen molar-refractivity contribution >= 4 is 23.4 Å². The Hall–Kier alpha value is -2.01. The van der Waals surface area contributed by atoms with E-state index in [2.05, 4.69) is 11.4 Å². The van der Waals surface area contributed by atoms with Crippen molar-refractivity contribution in [1.29, 1.82) is 0 Å². The van der Waals surface area contributed by atoms with Crippen LogP contribution in [0.1, 0.15) is 74.6 Å². The first-order chi connectivity index (χ1) is 14.6. The first kappa shape index (κ1) is 21.2. The Morgan fingerprint density at radius 2 is 1.80 bits per heavy atom. The minimum atomic E-state index is -0.0702. The molecule has 4 rings (SSSR count). The molecule has 0 atom stereocenters. The summed E-state index contributed by atoms with van der Waals surface area (Å²) in [6.07, 6.45) is 12.4. The summed E-state index contributed by atoms with van der Waals surface area (Å²) in [6, 6.07) is 5.54. The summed E-state index contributed by atoms with van der Waals surface area (Å²) in [6.45, 7) is 1.42. The molecule has 162 valence electrons. The monoisotopic (exact) mass is 430 g/mol. The Morgan fingerprint density at radius 1 is 1.03 bits per heavy atom. The maximum absolute atomic E-state index is 12.7. The molecule has 1 heterocycles. The summed E-state index contributed by atoms with van der Waals surface area (Å²) in [5, 5.41) is 3.54. The fourth-order valence-electron chi connectivity index (χ4n) is 4.67. The van der Waals surface area contributed by atoms with Crippen LogP contribution in [0.15, 0.2) is 29.8 Å². The van der Waals surface area contributed by atoms with Crippen molar-refractivity contribution in [2.24, 2.45) is 0 Å². The van der Waals surface area contributed by atoms with Gasteiger partial charge in [0.25, 0.3) is 5.91 Å². The number of allylic oxidation sites excluding steroid dienone is 1. The summed E-state index contributed by atoms with van der Waals surface area (Å²) < 4.78 is 6.11. The second-order valence-corrected chi connectivity index (χ2v) is 9.09. The van der Waals surface area contributed by atoms with Crippen molar-refractivity contribution in [1.82, 2.24) is 10.2 Å². The molecule has 30 heavy (non-hydrogen) atoms. The molecule has 5 nitrogen and oxygen atoms in total. The van der Waals surface area contributed by atoms with Crippen molar-refractivity contribution in [3.63, 3.8) is 0 Å². The predicted molar refractivity (Wildman–Crippen MR) is 118 cm³/mol. The second kappa shape index (κ2) is 9.86. The Bertz CT molecular complexity index is 809. The van der Waals surface area contributed by atoms with Crippen LogP contribution in [0.4, 0.5) is 0 Å². The first-order valence-electron chi connectivity index (χ1n) is 11.4. The molecule has 1 saturated carbocycles. The molecule has 3 aliphatic rings. The van der Waals surface area contributed by atoms with E-state index in [9.17, 15) is 9.59 Å². The van der Waals surface area contributed by atoms with Gasteiger partial charge in [-0.05, 0) is 56.7 Å². The van der Waals surface area contributed by atoms with E-state index in [1.165, 1.54) is 19.3 Å². The maximum atomic E-state index is 12.7. The Morgan fingerprint density at radius 3 is 2.47 bits per heavy atom. The van der Waals surface area contributed by atoms with Gasteiger partial charge < -0.3 is 15.0 Å². The third-order valence-corrected chi connectivity index (χ3v) is 6.77. The molecule has 1 N–H and O–H groups in total. The van der Waals surface area contributed by atoms with Crippen LogP contribution in [0.3, 0.4) is 0 Å². The third-order valence-electron chi connectivity index (χ3n) is 6.47. The van der Waals surface area contributed by atoms with E-state index < -0.39 is 0 Å². The Balaban J connectivity index is 1.29. The van der Waals surface area contributed by atoms with Gasteiger partial charge in [0.15, 0.2) is 0 Å². The average Bonchev–Trinajstić information content (AvgIpc) is 3.29. The number of halogens is 1. The highest BCUT2D eigenvalue weighted by molar-refractivity contribution is 6.32. The summed E-state index contributed by atoms with van der Waals surface area (Å²) in [7, 11) is 0. The van der Waals surface area contributed by atoms with Gasteiger partial charge in [-0.15, -0.1) is 0 Å². The molecular formula is C24H31ClN2O3. The van der Waals surface area contributed by atoms with E-state index in [0.717, 1.165) is 50.5 Å². The number of nitrogens with zero attached hydrogens (tertiary/aromatic N) is 1. The van der Waals surface area contributed by atoms with Gasteiger partial charge >= 0.3 is 0 Å². The van der Waals surface area contributed by atoms with Gasteiger partial charge in [-0.3, -0.25) is 9.59 Å². The van der Waals surface area contributed by atoms with Crippen LogP contribution in [-0.4, -0.2) is 41.9 Å². The molecule has 0 radical (unpaired) electrons. The SMILES string of the molecule is O=C(NC1CCCC1)c1ccc(OC2CCN(C(=O)C3=CCCCC3)CC2)c(Cl)c1. The molecule has 0 aromatic heterocycles. The lowest BCUT2D eigenvalue weighted by molar-refractivity contribution is -0.129. The summed E-state index contributed by atoms with van der Waals surface area (Å²) in [5.41, 5.74) is 1.55. The Labute approximate surface area is 183 Å². The zero-order valence-corrected chi connectivity index (χ0v) is 18.3. The summed E-state index contributed by atoms with van der Waals surface area (Å²) >= 11 is 6.41. The number of ether oxygens (including phenoxy) is 1. The van der Waals surface area contributed by atoms with Crippen LogP contribution in [0.5, 0.6) is 5.75 Å². The van der Waals surface area contributed by atoms with Crippen LogP contribution in [0.25, 0.3) is 0 Å². The summed E-state index contributed by atoms with van der Waals surface area (Å²) in [5.74, 6) is 0.733. The molecule has 2 amide bonds. The van der Waals surface area contributed by atoms with E-state index in [4.69, 9.17) is 16.3 Å². The van der Waals surface area contributed by atoms with Gasteiger partial charge in [0.1, 0.15) is 11.9 Å². The highest BCUT2D eigenvalue weighted by Crippen LogP contribution is 2.29. The predicted octanol–water partition coefficient (Wildman–Crippen LogP) is 4.88. The molecular weight excluding hydrogens is 400 g/mol. The van der Waals surface area contributed by atoms with Crippen LogP contribution in [0, 0.1) is 0 Å². The number of rotatable bonds is 5. The number of hydrogen-bond donors (Lipinski definition) is 1. The van der Waals surface area contributed by atoms with Crippen molar-refractivity contribution in [2.45, 2.75) is 76.4 Å². The molecule has 0 unspecified atom stereocenters. The number of hydrogen-bond acceptors (Lipinski definition) is 3.